The largest absolute Gasteiger partial charge is 0.322 e. The molecule has 0 amide bonds. The Morgan fingerprint density at radius 2 is 2.00 bits per heavy atom. The van der Waals surface area contributed by atoms with Gasteiger partial charge in [0.2, 0.25) is 0 Å². The molecule has 6 nitrogen and oxygen atoms in total. The Bertz CT molecular complexity index is 570. The predicted octanol–water partition coefficient (Wildman–Crippen LogP) is 1.26. The second kappa shape index (κ2) is 3.58. The Morgan fingerprint density at radius 1 is 1.06 bits per heavy atom. The van der Waals surface area contributed by atoms with Crippen molar-refractivity contribution in [1.82, 2.24) is 24.8 Å². The normalized spacial score (nSPS) is 10.5. The lowest BCUT2D eigenvalue weighted by atomic mass is 10.5. The van der Waals surface area contributed by atoms with Gasteiger partial charge in [-0.3, -0.25) is 0 Å². The molecule has 0 aliphatic heterocycles. The highest BCUT2D eigenvalue weighted by Gasteiger charge is 2.01. The van der Waals surface area contributed by atoms with Crippen LogP contribution in [0.5, 0.6) is 0 Å². The average molecular weight is 212 g/mol. The van der Waals surface area contributed by atoms with Crippen molar-refractivity contribution in [2.24, 2.45) is 0 Å². The number of imidazole rings is 1. The van der Waals surface area contributed by atoms with E-state index < -0.39 is 0 Å². The molecular formula is C10H8N6. The van der Waals surface area contributed by atoms with Crippen LogP contribution < -0.4 is 5.32 Å². The first-order chi connectivity index (χ1) is 7.92. The molecular weight excluding hydrogens is 204 g/mol. The zero-order valence-corrected chi connectivity index (χ0v) is 8.28. The molecule has 0 aliphatic rings. The number of nitrogens with one attached hydrogen (secondary N) is 1. The SMILES string of the molecule is c1cnnc(Nc2cn3ncccc3n2)c1. The highest BCUT2D eigenvalue weighted by Crippen LogP contribution is 2.12. The summed E-state index contributed by atoms with van der Waals surface area (Å²) in [5.41, 5.74) is 0.786. The molecule has 0 saturated heterocycles. The van der Waals surface area contributed by atoms with Crippen LogP contribution in [0.3, 0.4) is 0 Å². The molecule has 1 N–H and O–H groups in total. The van der Waals surface area contributed by atoms with Gasteiger partial charge in [-0.1, -0.05) is 0 Å². The molecule has 0 radical (unpaired) electrons. The standard InChI is InChI=1S/C10H8N6/c1-3-8(15-11-5-1)13-9-7-16-10(14-9)4-2-6-12-16/h1-7H,(H,13,15). The van der Waals surface area contributed by atoms with Crippen molar-refractivity contribution in [2.45, 2.75) is 0 Å². The molecule has 16 heavy (non-hydrogen) atoms. The molecule has 3 aromatic rings. The van der Waals surface area contributed by atoms with E-state index in [0.717, 1.165) is 5.65 Å². The van der Waals surface area contributed by atoms with E-state index in [-0.39, 0.29) is 0 Å². The summed E-state index contributed by atoms with van der Waals surface area (Å²) < 4.78 is 1.69. The summed E-state index contributed by atoms with van der Waals surface area (Å²) >= 11 is 0. The number of anilines is 2. The second-order valence-corrected chi connectivity index (χ2v) is 3.19. The second-order valence-electron chi connectivity index (χ2n) is 3.19. The van der Waals surface area contributed by atoms with Gasteiger partial charge < -0.3 is 5.32 Å². The molecule has 3 aromatic heterocycles. The summed E-state index contributed by atoms with van der Waals surface area (Å²) in [4.78, 5) is 4.33. The maximum Gasteiger partial charge on any atom is 0.155 e. The highest BCUT2D eigenvalue weighted by atomic mass is 15.3. The summed E-state index contributed by atoms with van der Waals surface area (Å²) in [5, 5.41) is 14.9. The van der Waals surface area contributed by atoms with Crippen molar-refractivity contribution in [3.05, 3.63) is 42.9 Å². The maximum absolute atomic E-state index is 4.33. The van der Waals surface area contributed by atoms with Crippen molar-refractivity contribution in [3.8, 4) is 0 Å². The summed E-state index contributed by atoms with van der Waals surface area (Å²) in [6.45, 7) is 0. The zero-order chi connectivity index (χ0) is 10.8. The van der Waals surface area contributed by atoms with Crippen LogP contribution in [0, 0.1) is 0 Å². The van der Waals surface area contributed by atoms with E-state index in [1.807, 2.05) is 24.3 Å². The molecule has 0 unspecified atom stereocenters. The van der Waals surface area contributed by atoms with Gasteiger partial charge in [0, 0.05) is 12.4 Å². The first-order valence-corrected chi connectivity index (χ1v) is 4.77. The third-order valence-electron chi connectivity index (χ3n) is 2.07. The Labute approximate surface area is 91.0 Å². The molecule has 3 heterocycles. The number of rotatable bonds is 2. The number of hydrogen-bond donors (Lipinski definition) is 1. The summed E-state index contributed by atoms with van der Waals surface area (Å²) in [6.07, 6.45) is 5.13. The lowest BCUT2D eigenvalue weighted by molar-refractivity contribution is 0.936. The minimum absolute atomic E-state index is 0.658. The molecule has 0 spiro atoms. The monoisotopic (exact) mass is 212 g/mol. The third-order valence-corrected chi connectivity index (χ3v) is 2.07. The quantitative estimate of drug-likeness (QED) is 0.692. The van der Waals surface area contributed by atoms with Gasteiger partial charge in [-0.2, -0.15) is 10.2 Å². The molecule has 78 valence electrons. The molecule has 3 rings (SSSR count). The van der Waals surface area contributed by atoms with Crippen molar-refractivity contribution in [3.63, 3.8) is 0 Å². The van der Waals surface area contributed by atoms with E-state index in [9.17, 15) is 0 Å². The van der Waals surface area contributed by atoms with E-state index >= 15 is 0 Å². The Balaban J connectivity index is 1.95. The van der Waals surface area contributed by atoms with Gasteiger partial charge in [-0.25, -0.2) is 9.50 Å². The minimum Gasteiger partial charge on any atom is -0.322 e. The smallest absolute Gasteiger partial charge is 0.155 e. The van der Waals surface area contributed by atoms with Crippen molar-refractivity contribution in [1.29, 1.82) is 0 Å². The Morgan fingerprint density at radius 3 is 2.81 bits per heavy atom. The van der Waals surface area contributed by atoms with Gasteiger partial charge in [0.25, 0.3) is 0 Å². The lowest BCUT2D eigenvalue weighted by Crippen LogP contribution is -1.94. The van der Waals surface area contributed by atoms with E-state index in [4.69, 9.17) is 0 Å². The highest BCUT2D eigenvalue weighted by molar-refractivity contribution is 5.55. The average Bonchev–Trinajstić information content (AvgIpc) is 2.72. The van der Waals surface area contributed by atoms with Gasteiger partial charge in [0.15, 0.2) is 17.3 Å². The molecule has 0 atom stereocenters. The lowest BCUT2D eigenvalue weighted by Gasteiger charge is -1.97. The summed E-state index contributed by atoms with van der Waals surface area (Å²) in [6, 6.07) is 7.36. The fourth-order valence-electron chi connectivity index (χ4n) is 1.39. The van der Waals surface area contributed by atoms with Gasteiger partial charge in [-0.05, 0) is 24.3 Å². The van der Waals surface area contributed by atoms with E-state index in [2.05, 4.69) is 25.6 Å². The third kappa shape index (κ3) is 1.56. The zero-order valence-electron chi connectivity index (χ0n) is 8.28. The van der Waals surface area contributed by atoms with Crippen molar-refractivity contribution < 1.29 is 0 Å². The van der Waals surface area contributed by atoms with Gasteiger partial charge in [-0.15, -0.1) is 5.10 Å². The van der Waals surface area contributed by atoms with Crippen LogP contribution in [0.25, 0.3) is 5.65 Å². The van der Waals surface area contributed by atoms with E-state index in [1.54, 1.807) is 23.1 Å². The van der Waals surface area contributed by atoms with Crippen LogP contribution in [-0.2, 0) is 0 Å². The number of hydrogen-bond acceptors (Lipinski definition) is 5. The molecule has 6 heteroatoms. The van der Waals surface area contributed by atoms with Crippen molar-refractivity contribution >= 4 is 17.3 Å². The van der Waals surface area contributed by atoms with Crippen LogP contribution in [0.15, 0.2) is 42.9 Å². The van der Waals surface area contributed by atoms with Crippen LogP contribution in [-0.4, -0.2) is 24.8 Å². The number of nitrogens with zero attached hydrogens (tertiary/aromatic N) is 5. The maximum atomic E-state index is 4.33. The summed E-state index contributed by atoms with van der Waals surface area (Å²) in [5.74, 6) is 1.35. The first-order valence-electron chi connectivity index (χ1n) is 4.77. The Hall–Kier alpha value is -2.50. The molecule has 0 aromatic carbocycles. The Kier molecular flexibility index (Phi) is 1.96. The number of aromatic nitrogens is 5. The van der Waals surface area contributed by atoms with Gasteiger partial charge >= 0.3 is 0 Å². The van der Waals surface area contributed by atoms with Crippen LogP contribution in [0.1, 0.15) is 0 Å². The van der Waals surface area contributed by atoms with Crippen LogP contribution in [0.2, 0.25) is 0 Å². The fourth-order valence-corrected chi connectivity index (χ4v) is 1.39. The molecule has 0 bridgehead atoms. The van der Waals surface area contributed by atoms with Crippen LogP contribution >= 0.6 is 0 Å². The van der Waals surface area contributed by atoms with E-state index in [1.165, 1.54) is 0 Å². The fraction of sp³-hybridized carbons (Fsp3) is 0. The first kappa shape index (κ1) is 8.78. The van der Waals surface area contributed by atoms with Crippen molar-refractivity contribution in [2.75, 3.05) is 5.32 Å². The van der Waals surface area contributed by atoms with E-state index in [0.29, 0.717) is 11.6 Å². The van der Waals surface area contributed by atoms with Crippen LogP contribution in [0.4, 0.5) is 11.6 Å². The topological polar surface area (TPSA) is 68.0 Å². The molecule has 0 aliphatic carbocycles. The number of fused-ring (bicyclic) bond motifs is 1. The predicted molar refractivity (Wildman–Crippen MR) is 58.3 cm³/mol. The molecule has 0 saturated carbocycles. The molecule has 0 fully saturated rings. The van der Waals surface area contributed by atoms with Gasteiger partial charge in [0.1, 0.15) is 0 Å². The summed E-state index contributed by atoms with van der Waals surface area (Å²) in [7, 11) is 0. The van der Waals surface area contributed by atoms with Gasteiger partial charge in [0.05, 0.1) is 6.20 Å². The minimum atomic E-state index is 0.658.